The van der Waals surface area contributed by atoms with E-state index in [2.05, 4.69) is 15.4 Å². The Morgan fingerprint density at radius 2 is 2.29 bits per heavy atom. The molecule has 6 heteroatoms. The average Bonchev–Trinajstić information content (AvgIpc) is 2.86. The lowest BCUT2D eigenvalue weighted by molar-refractivity contribution is -0.148. The molecule has 1 aromatic rings. The van der Waals surface area contributed by atoms with Gasteiger partial charge < -0.3 is 10.1 Å². The second kappa shape index (κ2) is 6.34. The second-order valence-corrected chi connectivity index (χ2v) is 4.19. The molecule has 1 rings (SSSR count). The lowest BCUT2D eigenvalue weighted by Crippen LogP contribution is -2.48. The number of unbranched alkanes of at least 4 members (excludes halogenated alkanes) is 1. The highest BCUT2D eigenvalue weighted by atomic mass is 16.5. The zero-order valence-corrected chi connectivity index (χ0v) is 10.6. The summed E-state index contributed by atoms with van der Waals surface area (Å²) < 4.78 is 6.57. The first-order valence-corrected chi connectivity index (χ1v) is 5.72. The first-order chi connectivity index (χ1) is 8.12. The molecule has 0 amide bonds. The van der Waals surface area contributed by atoms with Crippen molar-refractivity contribution in [1.29, 1.82) is 0 Å². The minimum Gasteiger partial charge on any atom is -0.468 e. The fourth-order valence-electron chi connectivity index (χ4n) is 1.65. The van der Waals surface area contributed by atoms with Gasteiger partial charge >= 0.3 is 5.97 Å². The predicted molar refractivity (Wildman–Crippen MR) is 63.4 cm³/mol. The van der Waals surface area contributed by atoms with Gasteiger partial charge in [-0.25, -0.2) is 4.98 Å². The van der Waals surface area contributed by atoms with Gasteiger partial charge in [0.2, 0.25) is 0 Å². The van der Waals surface area contributed by atoms with Crippen molar-refractivity contribution < 1.29 is 9.53 Å². The van der Waals surface area contributed by atoms with E-state index in [0.717, 1.165) is 25.8 Å². The van der Waals surface area contributed by atoms with Crippen LogP contribution in [0, 0.1) is 0 Å². The Hall–Kier alpha value is -1.43. The molecule has 0 aliphatic heterocycles. The molecule has 96 valence electrons. The first kappa shape index (κ1) is 13.6. The summed E-state index contributed by atoms with van der Waals surface area (Å²) in [6.07, 6.45) is 5.83. The molecule has 0 aromatic carbocycles. The van der Waals surface area contributed by atoms with E-state index in [1.165, 1.54) is 13.4 Å². The van der Waals surface area contributed by atoms with Gasteiger partial charge in [-0.05, 0) is 33.2 Å². The van der Waals surface area contributed by atoms with E-state index in [9.17, 15) is 4.79 Å². The number of carbonyl (C=O) groups is 1. The van der Waals surface area contributed by atoms with Crippen molar-refractivity contribution in [3.05, 3.63) is 12.7 Å². The number of esters is 1. The summed E-state index contributed by atoms with van der Waals surface area (Å²) in [5, 5.41) is 7.03. The van der Waals surface area contributed by atoms with E-state index in [0.29, 0.717) is 0 Å². The Kier molecular flexibility index (Phi) is 5.09. The predicted octanol–water partition coefficient (Wildman–Crippen LogP) is 0.599. The topological polar surface area (TPSA) is 69.0 Å². The number of aromatic nitrogens is 3. The van der Waals surface area contributed by atoms with Crippen molar-refractivity contribution in [3.8, 4) is 0 Å². The molecule has 0 aliphatic carbocycles. The van der Waals surface area contributed by atoms with Gasteiger partial charge in [0.1, 0.15) is 18.2 Å². The van der Waals surface area contributed by atoms with E-state index >= 15 is 0 Å². The summed E-state index contributed by atoms with van der Waals surface area (Å²) >= 11 is 0. The lowest BCUT2D eigenvalue weighted by atomic mass is 9.95. The van der Waals surface area contributed by atoms with Crippen LogP contribution in [-0.4, -0.2) is 40.4 Å². The molecule has 0 radical (unpaired) electrons. The van der Waals surface area contributed by atoms with Gasteiger partial charge in [-0.15, -0.1) is 0 Å². The third kappa shape index (κ3) is 3.81. The van der Waals surface area contributed by atoms with Gasteiger partial charge in [-0.1, -0.05) is 0 Å². The molecule has 0 fully saturated rings. The van der Waals surface area contributed by atoms with Crippen molar-refractivity contribution in [1.82, 2.24) is 20.1 Å². The van der Waals surface area contributed by atoms with E-state index in [-0.39, 0.29) is 5.97 Å². The highest BCUT2D eigenvalue weighted by molar-refractivity contribution is 5.80. The molecule has 17 heavy (non-hydrogen) atoms. The van der Waals surface area contributed by atoms with Crippen LogP contribution in [0.5, 0.6) is 0 Å². The summed E-state index contributed by atoms with van der Waals surface area (Å²) in [7, 11) is 3.18. The first-order valence-electron chi connectivity index (χ1n) is 5.72. The fourth-order valence-corrected chi connectivity index (χ4v) is 1.65. The summed E-state index contributed by atoms with van der Waals surface area (Å²) in [5.41, 5.74) is -0.600. The summed E-state index contributed by atoms with van der Waals surface area (Å²) in [6, 6.07) is 0. The number of nitrogens with zero attached hydrogens (tertiary/aromatic N) is 3. The van der Waals surface area contributed by atoms with Crippen LogP contribution >= 0.6 is 0 Å². The van der Waals surface area contributed by atoms with E-state index < -0.39 is 5.54 Å². The molecule has 0 bridgehead atoms. The zero-order chi connectivity index (χ0) is 12.7. The molecule has 0 saturated heterocycles. The maximum Gasteiger partial charge on any atom is 0.325 e. The highest BCUT2D eigenvalue weighted by Gasteiger charge is 2.31. The van der Waals surface area contributed by atoms with Crippen molar-refractivity contribution in [2.45, 2.75) is 38.3 Å². The summed E-state index contributed by atoms with van der Waals surface area (Å²) in [4.78, 5) is 15.4. The number of aryl methyl sites for hydroxylation is 1. The van der Waals surface area contributed by atoms with E-state index in [4.69, 9.17) is 4.74 Å². The van der Waals surface area contributed by atoms with E-state index in [1.54, 1.807) is 18.1 Å². The van der Waals surface area contributed by atoms with Crippen molar-refractivity contribution in [2.24, 2.45) is 0 Å². The van der Waals surface area contributed by atoms with Crippen LogP contribution in [0.15, 0.2) is 12.7 Å². The number of rotatable bonds is 7. The lowest BCUT2D eigenvalue weighted by Gasteiger charge is -2.25. The molecular formula is C11H20N4O2. The van der Waals surface area contributed by atoms with Crippen LogP contribution in [0.2, 0.25) is 0 Å². The molecular weight excluding hydrogens is 220 g/mol. The second-order valence-electron chi connectivity index (χ2n) is 4.19. The average molecular weight is 240 g/mol. The standard InChI is InChI=1S/C11H20N4O2/c1-11(12-2,10(16)17-3)6-4-5-7-15-9-13-8-14-15/h8-9,12H,4-7H2,1-3H3. The maximum absolute atomic E-state index is 11.6. The van der Waals surface area contributed by atoms with E-state index in [1.807, 2.05) is 6.92 Å². The van der Waals surface area contributed by atoms with Crippen molar-refractivity contribution >= 4 is 5.97 Å². The van der Waals surface area contributed by atoms with Gasteiger partial charge in [0, 0.05) is 6.54 Å². The smallest absolute Gasteiger partial charge is 0.325 e. The molecule has 0 aliphatic rings. The quantitative estimate of drug-likeness (QED) is 0.558. The summed E-state index contributed by atoms with van der Waals surface area (Å²) in [6.45, 7) is 2.68. The number of nitrogens with one attached hydrogen (secondary N) is 1. The largest absolute Gasteiger partial charge is 0.468 e. The Labute approximate surface area is 101 Å². The van der Waals surface area contributed by atoms with Gasteiger partial charge in [-0.3, -0.25) is 9.48 Å². The van der Waals surface area contributed by atoms with Gasteiger partial charge in [-0.2, -0.15) is 5.10 Å². The molecule has 0 saturated carbocycles. The molecule has 1 atom stereocenters. The van der Waals surface area contributed by atoms with Crippen molar-refractivity contribution in [2.75, 3.05) is 14.2 Å². The van der Waals surface area contributed by atoms with Crippen LogP contribution in [0.25, 0.3) is 0 Å². The zero-order valence-electron chi connectivity index (χ0n) is 10.6. The molecule has 1 aromatic heterocycles. The number of methoxy groups -OCH3 is 1. The number of likely N-dealkylation sites (N-methyl/N-ethyl adjacent to an activating group) is 1. The van der Waals surface area contributed by atoms with Crippen LogP contribution < -0.4 is 5.32 Å². The summed E-state index contributed by atoms with van der Waals surface area (Å²) in [5.74, 6) is -0.222. The third-order valence-electron chi connectivity index (χ3n) is 2.97. The van der Waals surface area contributed by atoms with Crippen LogP contribution in [-0.2, 0) is 16.1 Å². The number of hydrogen-bond donors (Lipinski definition) is 1. The van der Waals surface area contributed by atoms with Gasteiger partial charge in [0.25, 0.3) is 0 Å². The SMILES string of the molecule is CNC(C)(CCCCn1cncn1)C(=O)OC. The van der Waals surface area contributed by atoms with Gasteiger partial charge in [0.15, 0.2) is 0 Å². The third-order valence-corrected chi connectivity index (χ3v) is 2.97. The molecule has 6 nitrogen and oxygen atoms in total. The Morgan fingerprint density at radius 3 is 2.82 bits per heavy atom. The van der Waals surface area contributed by atoms with Crippen LogP contribution in [0.4, 0.5) is 0 Å². The number of carbonyl (C=O) groups excluding carboxylic acids is 1. The van der Waals surface area contributed by atoms with Crippen molar-refractivity contribution in [3.63, 3.8) is 0 Å². The highest BCUT2D eigenvalue weighted by Crippen LogP contribution is 2.15. The Bertz CT molecular complexity index is 339. The molecule has 1 heterocycles. The van der Waals surface area contributed by atoms with Crippen LogP contribution in [0.3, 0.4) is 0 Å². The van der Waals surface area contributed by atoms with Gasteiger partial charge in [0.05, 0.1) is 7.11 Å². The number of hydrogen-bond acceptors (Lipinski definition) is 5. The monoisotopic (exact) mass is 240 g/mol. The van der Waals surface area contributed by atoms with Crippen LogP contribution in [0.1, 0.15) is 26.2 Å². The Morgan fingerprint density at radius 1 is 1.53 bits per heavy atom. The minimum absolute atomic E-state index is 0.222. The molecule has 0 spiro atoms. The molecule has 1 N–H and O–H groups in total. The maximum atomic E-state index is 11.6. The normalized spacial score (nSPS) is 14.3. The molecule has 1 unspecified atom stereocenters. The fraction of sp³-hybridized carbons (Fsp3) is 0.727. The minimum atomic E-state index is -0.600. The number of ether oxygens (including phenoxy) is 1. The Balaban J connectivity index is 2.31.